The quantitative estimate of drug-likeness (QED) is 0.0539. The number of amides is 6. The predicted molar refractivity (Wildman–Crippen MR) is 318 cm³/mol. The molecule has 9 aromatic rings. The van der Waals surface area contributed by atoms with Crippen LogP contribution in [0.2, 0.25) is 0 Å². The average Bonchev–Trinajstić information content (AvgIpc) is 3.60. The van der Waals surface area contributed by atoms with Crippen LogP contribution in [0.1, 0.15) is 133 Å². The van der Waals surface area contributed by atoms with Crippen LogP contribution in [0.25, 0.3) is 43.1 Å². The maximum absolute atomic E-state index is 15.4. The van der Waals surface area contributed by atoms with Crippen molar-refractivity contribution in [2.24, 2.45) is 0 Å². The highest BCUT2D eigenvalue weighted by Gasteiger charge is 2.42. The molecule has 2 aliphatic rings. The van der Waals surface area contributed by atoms with E-state index >= 15 is 19.2 Å². The van der Waals surface area contributed by atoms with Crippen molar-refractivity contribution in [3.05, 3.63) is 166 Å². The number of imide groups is 2. The Morgan fingerprint density at radius 2 is 0.610 bits per heavy atom. The zero-order valence-corrected chi connectivity index (χ0v) is 47.8. The van der Waals surface area contributed by atoms with Gasteiger partial charge in [0.15, 0.2) is 0 Å². The Hall–Kier alpha value is -9.30. The van der Waals surface area contributed by atoms with Gasteiger partial charge in [0.05, 0.1) is 22.3 Å². The summed E-state index contributed by atoms with van der Waals surface area (Å²) in [6.07, 6.45) is 2.72. The van der Waals surface area contributed by atoms with Gasteiger partial charge in [0.2, 0.25) is 11.8 Å². The minimum atomic E-state index is -0.737. The van der Waals surface area contributed by atoms with E-state index in [1.165, 1.54) is 0 Å². The molecule has 416 valence electrons. The van der Waals surface area contributed by atoms with Crippen LogP contribution in [-0.4, -0.2) is 69.4 Å². The fourth-order valence-corrected chi connectivity index (χ4v) is 11.2. The van der Waals surface area contributed by atoms with E-state index in [9.17, 15) is 9.59 Å². The molecule has 82 heavy (non-hydrogen) atoms. The summed E-state index contributed by atoms with van der Waals surface area (Å²) in [5.41, 5.74) is 2.78. The minimum Gasteiger partial charge on any atom is -0.457 e. The Morgan fingerprint density at radius 3 is 0.829 bits per heavy atom. The molecule has 2 aliphatic heterocycles. The van der Waals surface area contributed by atoms with E-state index in [1.807, 2.05) is 142 Å². The van der Waals surface area contributed by atoms with Crippen LogP contribution < -0.4 is 29.6 Å². The molecule has 0 spiro atoms. The van der Waals surface area contributed by atoms with Crippen molar-refractivity contribution in [1.29, 1.82) is 0 Å². The van der Waals surface area contributed by atoms with Gasteiger partial charge in [0.1, 0.15) is 59.1 Å². The molecular weight excluding hydrogens is 1030 g/mol. The first kappa shape index (κ1) is 54.6. The molecule has 2 heterocycles. The summed E-state index contributed by atoms with van der Waals surface area (Å²) >= 11 is 0. The number of fused-ring (bicyclic) bond motifs is 2. The Balaban J connectivity index is 1.36. The number of nitrogens with one attached hydrogen (secondary N) is 2. The maximum Gasteiger partial charge on any atom is 0.262 e. The third-order valence-corrected chi connectivity index (χ3v) is 14.8. The smallest absolute Gasteiger partial charge is 0.262 e. The summed E-state index contributed by atoms with van der Waals surface area (Å²) in [7, 11) is 0. The molecule has 0 fully saturated rings. The Morgan fingerprint density at radius 1 is 0.366 bits per heavy atom. The SMILES string of the molecule is CCc1cccc(Oc2cc3c4c(cc(Oc5cccc(CC)c5)c5c6c(Oc7cccc(CC)c7)cc7c8c(cc(Oc9cccc(CC)c9)c(c2c45)c86)C(=O)N(CC(=O)NC(C)(C)C)C7=O)C(=O)N(CC(=O)NC(C)(C)C)C3=O)c1. The Bertz CT molecular complexity index is 3670. The highest BCUT2D eigenvalue weighted by molar-refractivity contribution is 6.45. The van der Waals surface area contributed by atoms with Crippen LogP contribution in [0.5, 0.6) is 46.0 Å². The van der Waals surface area contributed by atoms with Crippen LogP contribution in [0.15, 0.2) is 121 Å². The molecule has 0 saturated heterocycles. The molecule has 0 atom stereocenters. The maximum atomic E-state index is 15.4. The lowest BCUT2D eigenvalue weighted by molar-refractivity contribution is -0.123. The summed E-state index contributed by atoms with van der Waals surface area (Å²) in [6.45, 7) is 17.8. The van der Waals surface area contributed by atoms with E-state index in [4.69, 9.17) is 18.9 Å². The van der Waals surface area contributed by atoms with Gasteiger partial charge in [0, 0.05) is 54.2 Å². The van der Waals surface area contributed by atoms with E-state index < -0.39 is 59.6 Å². The fraction of sp³-hybridized carbons (Fsp3) is 0.265. The average molecular weight is 1100 g/mol. The number of rotatable bonds is 16. The van der Waals surface area contributed by atoms with Crippen molar-refractivity contribution in [3.8, 4) is 46.0 Å². The van der Waals surface area contributed by atoms with Crippen LogP contribution >= 0.6 is 0 Å². The van der Waals surface area contributed by atoms with E-state index in [2.05, 4.69) is 10.6 Å². The monoisotopic (exact) mass is 1100 g/mol. The number of hydrogen-bond acceptors (Lipinski definition) is 10. The van der Waals surface area contributed by atoms with Gasteiger partial charge in [-0.05, 0) is 162 Å². The van der Waals surface area contributed by atoms with Gasteiger partial charge in [-0.2, -0.15) is 0 Å². The van der Waals surface area contributed by atoms with Crippen LogP contribution in [-0.2, 0) is 35.3 Å². The number of nitrogens with zero attached hydrogens (tertiary/aromatic N) is 2. The summed E-state index contributed by atoms with van der Waals surface area (Å²) in [5, 5.41) is 8.42. The number of aryl methyl sites for hydroxylation is 4. The second-order valence-electron chi connectivity index (χ2n) is 23.1. The van der Waals surface area contributed by atoms with Crippen molar-refractivity contribution >= 4 is 78.5 Å². The molecule has 2 N–H and O–H groups in total. The molecule has 11 rings (SSSR count). The van der Waals surface area contributed by atoms with Crippen molar-refractivity contribution in [2.45, 2.75) is 106 Å². The molecule has 0 radical (unpaired) electrons. The number of benzene rings is 9. The van der Waals surface area contributed by atoms with Gasteiger partial charge in [-0.3, -0.25) is 38.6 Å². The van der Waals surface area contributed by atoms with E-state index in [-0.39, 0.29) is 56.0 Å². The lowest BCUT2D eigenvalue weighted by Crippen LogP contribution is -2.50. The molecule has 14 heteroatoms. The summed E-state index contributed by atoms with van der Waals surface area (Å²) in [4.78, 5) is 91.3. The van der Waals surface area contributed by atoms with Crippen molar-refractivity contribution in [1.82, 2.24) is 20.4 Å². The second-order valence-corrected chi connectivity index (χ2v) is 23.1. The highest BCUT2D eigenvalue weighted by atomic mass is 16.5. The topological polar surface area (TPSA) is 170 Å². The Labute approximate surface area is 475 Å². The van der Waals surface area contributed by atoms with Crippen LogP contribution in [0.4, 0.5) is 0 Å². The zero-order chi connectivity index (χ0) is 58.1. The van der Waals surface area contributed by atoms with E-state index in [1.54, 1.807) is 48.5 Å². The van der Waals surface area contributed by atoms with Gasteiger partial charge < -0.3 is 29.6 Å². The minimum absolute atomic E-state index is 0.0687. The lowest BCUT2D eigenvalue weighted by Gasteiger charge is -2.33. The lowest BCUT2D eigenvalue weighted by atomic mass is 9.80. The zero-order valence-electron chi connectivity index (χ0n) is 47.8. The molecule has 0 bridgehead atoms. The summed E-state index contributed by atoms with van der Waals surface area (Å²) in [6, 6.07) is 36.7. The van der Waals surface area contributed by atoms with Crippen LogP contribution in [0.3, 0.4) is 0 Å². The van der Waals surface area contributed by atoms with Crippen molar-refractivity contribution in [2.75, 3.05) is 13.1 Å². The third kappa shape index (κ3) is 10.1. The number of carbonyl (C=O) groups excluding carboxylic acids is 6. The van der Waals surface area contributed by atoms with Crippen molar-refractivity contribution in [3.63, 3.8) is 0 Å². The fourth-order valence-electron chi connectivity index (χ4n) is 11.2. The van der Waals surface area contributed by atoms with Crippen molar-refractivity contribution < 1.29 is 47.7 Å². The second kappa shape index (κ2) is 21.0. The first-order chi connectivity index (χ1) is 39.1. The van der Waals surface area contributed by atoms with Gasteiger partial charge in [-0.25, -0.2) is 0 Å². The third-order valence-electron chi connectivity index (χ3n) is 14.8. The normalized spacial score (nSPS) is 13.4. The van der Waals surface area contributed by atoms with Gasteiger partial charge in [-0.1, -0.05) is 76.2 Å². The molecule has 0 aliphatic carbocycles. The molecular formula is C68H64N4O10. The molecule has 9 aromatic carbocycles. The number of ether oxygens (including phenoxy) is 4. The largest absolute Gasteiger partial charge is 0.457 e. The number of carbonyl (C=O) groups is 6. The standard InChI is InChI=1S/C68H64N4O10/c1-11-37-19-15-23-41(27-37)79-49-31-45-55-46(64(76)71(63(45)75)35-53(73)69-67(5,6)7)33-51(81-43-25-17-21-39(13-3)29-43)59-60-52(82-44-26-18-22-40(14-4)30-44)34-48-56-47(65(77)72(66(48)78)36-54(74)70-68(8,9)10)32-50(58(62(56)60)57(49)61(55)59)80-42-24-16-20-38(12-2)28-42/h15-34H,11-14,35-36H2,1-10H3,(H,69,73)(H,70,74). The van der Waals surface area contributed by atoms with Gasteiger partial charge in [0.25, 0.3) is 23.6 Å². The van der Waals surface area contributed by atoms with Gasteiger partial charge in [-0.15, -0.1) is 0 Å². The number of hydrogen-bond donors (Lipinski definition) is 2. The predicted octanol–water partition coefficient (Wildman–Crippen LogP) is 14.2. The first-order valence-electron chi connectivity index (χ1n) is 27.9. The van der Waals surface area contributed by atoms with Gasteiger partial charge >= 0.3 is 0 Å². The van der Waals surface area contributed by atoms with E-state index in [0.717, 1.165) is 32.1 Å². The summed E-state index contributed by atoms with van der Waals surface area (Å²) in [5.74, 6) is -1.72. The molecule has 14 nitrogen and oxygen atoms in total. The summed E-state index contributed by atoms with van der Waals surface area (Å²) < 4.78 is 28.5. The molecule has 0 saturated carbocycles. The Kier molecular flexibility index (Phi) is 14.0. The molecule has 0 unspecified atom stereocenters. The molecule has 0 aromatic heterocycles. The van der Waals surface area contributed by atoms with Crippen LogP contribution in [0, 0.1) is 0 Å². The molecule has 6 amide bonds. The first-order valence-corrected chi connectivity index (χ1v) is 27.9. The highest BCUT2D eigenvalue weighted by Crippen LogP contribution is 2.58. The van der Waals surface area contributed by atoms with E-state index in [0.29, 0.717) is 81.0 Å².